The normalized spacial score (nSPS) is 19.0. The second-order valence-corrected chi connectivity index (χ2v) is 6.09. The average molecular weight is 384 g/mol. The zero-order valence-electron chi connectivity index (χ0n) is 14.9. The number of hydrogen-bond acceptors (Lipinski definition) is 5. The second kappa shape index (κ2) is 7.68. The van der Waals surface area contributed by atoms with Crippen molar-refractivity contribution in [1.29, 1.82) is 0 Å². The molecule has 27 heavy (non-hydrogen) atoms. The van der Waals surface area contributed by atoms with E-state index in [4.69, 9.17) is 0 Å². The Morgan fingerprint density at radius 3 is 2.56 bits per heavy atom. The first-order chi connectivity index (χ1) is 12.5. The van der Waals surface area contributed by atoms with Gasteiger partial charge in [0.2, 0.25) is 11.6 Å². The molecule has 0 radical (unpaired) electrons. The lowest BCUT2D eigenvalue weighted by Crippen LogP contribution is -2.68. The molecule has 1 unspecified atom stereocenters. The number of rotatable bonds is 5. The number of carbonyl (C=O) groups is 2. The van der Waals surface area contributed by atoms with Crippen LogP contribution in [0.5, 0.6) is 5.75 Å². The Balaban J connectivity index is 2.15. The van der Waals surface area contributed by atoms with Crippen LogP contribution >= 0.6 is 0 Å². The van der Waals surface area contributed by atoms with Gasteiger partial charge in [-0.3, -0.25) is 14.6 Å². The number of halogens is 3. The van der Waals surface area contributed by atoms with Gasteiger partial charge in [0.15, 0.2) is 0 Å². The number of carbonyl (C=O) groups excluding carboxylic acids is 2. The van der Waals surface area contributed by atoms with E-state index >= 15 is 0 Å². The molecule has 1 aromatic rings. The van der Waals surface area contributed by atoms with Crippen LogP contribution in [0, 0.1) is 6.92 Å². The fourth-order valence-electron chi connectivity index (χ4n) is 2.59. The Morgan fingerprint density at radius 1 is 1.26 bits per heavy atom. The number of amides is 2. The highest BCUT2D eigenvalue weighted by molar-refractivity contribution is 6.06. The minimum absolute atomic E-state index is 0.0751. The lowest BCUT2D eigenvalue weighted by atomic mass is 10.1. The monoisotopic (exact) mass is 384 g/mol. The molecule has 1 heterocycles. The van der Waals surface area contributed by atoms with Crippen molar-refractivity contribution in [2.24, 2.45) is 4.99 Å². The van der Waals surface area contributed by atoms with E-state index in [0.717, 1.165) is 0 Å². The molecule has 0 fully saturated rings. The first-order valence-electron chi connectivity index (χ1n) is 7.92. The molecule has 10 heteroatoms. The summed E-state index contributed by atoms with van der Waals surface area (Å²) in [6, 6.07) is 4.03. The number of hydrogen-bond donors (Lipinski definition) is 3. The Bertz CT molecular complexity index is 801. The van der Waals surface area contributed by atoms with E-state index in [2.05, 4.69) is 25.7 Å². The minimum Gasteiger partial charge on any atom is -0.406 e. The SMILES string of the molecule is CC(=O)NC1(C(=O)NCc2cc(C)cc(OC(F)(F)F)c2)C=NC=C(C)N1. The van der Waals surface area contributed by atoms with Gasteiger partial charge in [0, 0.05) is 25.4 Å². The number of aryl methyl sites for hydroxylation is 1. The summed E-state index contributed by atoms with van der Waals surface area (Å²) in [5.74, 6) is -1.46. The van der Waals surface area contributed by atoms with Gasteiger partial charge in [-0.25, -0.2) is 0 Å². The maximum Gasteiger partial charge on any atom is 0.573 e. The number of benzene rings is 1. The maximum absolute atomic E-state index is 12.7. The highest BCUT2D eigenvalue weighted by Crippen LogP contribution is 2.25. The van der Waals surface area contributed by atoms with Crippen LogP contribution in [0.1, 0.15) is 25.0 Å². The Kier molecular flexibility index (Phi) is 5.77. The summed E-state index contributed by atoms with van der Waals surface area (Å²) in [5, 5.41) is 7.92. The molecule has 0 saturated heterocycles. The summed E-state index contributed by atoms with van der Waals surface area (Å²) in [5.41, 5.74) is -0.0908. The van der Waals surface area contributed by atoms with E-state index in [1.54, 1.807) is 19.9 Å². The molecule has 2 rings (SSSR count). The largest absolute Gasteiger partial charge is 0.573 e. The average Bonchev–Trinajstić information content (AvgIpc) is 2.49. The Labute approximate surface area is 153 Å². The molecule has 0 aromatic heterocycles. The van der Waals surface area contributed by atoms with Gasteiger partial charge < -0.3 is 20.7 Å². The highest BCUT2D eigenvalue weighted by Gasteiger charge is 2.39. The molecule has 1 aromatic carbocycles. The van der Waals surface area contributed by atoms with E-state index < -0.39 is 23.8 Å². The molecule has 1 aliphatic heterocycles. The summed E-state index contributed by atoms with van der Waals surface area (Å²) in [7, 11) is 0. The molecule has 2 amide bonds. The standard InChI is InChI=1S/C17H19F3N4O3/c1-10-4-13(6-14(5-10)27-17(18,19)20)8-22-15(26)16(24-12(3)25)9-21-7-11(2)23-16/h4-7,9,23H,8H2,1-3H3,(H,22,26)(H,24,25). The lowest BCUT2D eigenvalue weighted by Gasteiger charge is -2.33. The van der Waals surface area contributed by atoms with Crippen LogP contribution in [0.25, 0.3) is 0 Å². The highest BCUT2D eigenvalue weighted by atomic mass is 19.4. The van der Waals surface area contributed by atoms with Gasteiger partial charge in [0.1, 0.15) is 5.75 Å². The van der Waals surface area contributed by atoms with E-state index in [9.17, 15) is 22.8 Å². The third-order valence-electron chi connectivity index (χ3n) is 3.46. The zero-order chi connectivity index (χ0) is 20.2. The Morgan fingerprint density at radius 2 is 1.96 bits per heavy atom. The lowest BCUT2D eigenvalue weighted by molar-refractivity contribution is -0.274. The van der Waals surface area contributed by atoms with Crippen molar-refractivity contribution in [3.05, 3.63) is 41.2 Å². The number of nitrogens with one attached hydrogen (secondary N) is 3. The molecule has 0 aliphatic carbocycles. The van der Waals surface area contributed by atoms with Crippen molar-refractivity contribution in [3.63, 3.8) is 0 Å². The fraction of sp³-hybridized carbons (Fsp3) is 0.353. The zero-order valence-corrected chi connectivity index (χ0v) is 14.9. The maximum atomic E-state index is 12.7. The van der Waals surface area contributed by atoms with Crippen molar-refractivity contribution in [2.75, 3.05) is 0 Å². The molecule has 3 N–H and O–H groups in total. The molecule has 7 nitrogen and oxygen atoms in total. The van der Waals surface area contributed by atoms with Gasteiger partial charge in [-0.2, -0.15) is 0 Å². The number of aliphatic imine (C=N–C) groups is 1. The topological polar surface area (TPSA) is 91.8 Å². The van der Waals surface area contributed by atoms with E-state index in [1.807, 2.05) is 0 Å². The molecular weight excluding hydrogens is 365 g/mol. The van der Waals surface area contributed by atoms with Crippen molar-refractivity contribution in [1.82, 2.24) is 16.0 Å². The van der Waals surface area contributed by atoms with E-state index in [1.165, 1.54) is 31.5 Å². The molecule has 1 aliphatic rings. The second-order valence-electron chi connectivity index (χ2n) is 6.09. The first-order valence-corrected chi connectivity index (χ1v) is 7.92. The number of allylic oxidation sites excluding steroid dienone is 1. The van der Waals surface area contributed by atoms with Crippen LogP contribution in [-0.2, 0) is 16.1 Å². The quantitative estimate of drug-likeness (QED) is 0.723. The van der Waals surface area contributed by atoms with Crippen molar-refractivity contribution >= 4 is 18.0 Å². The molecule has 0 spiro atoms. The van der Waals surface area contributed by atoms with Gasteiger partial charge in [-0.05, 0) is 37.1 Å². The van der Waals surface area contributed by atoms with Gasteiger partial charge in [0.25, 0.3) is 5.91 Å². The van der Waals surface area contributed by atoms with Crippen molar-refractivity contribution in [3.8, 4) is 5.75 Å². The van der Waals surface area contributed by atoms with E-state index in [0.29, 0.717) is 16.8 Å². The predicted molar refractivity (Wildman–Crippen MR) is 91.6 cm³/mol. The summed E-state index contributed by atoms with van der Waals surface area (Å²) in [4.78, 5) is 28.1. The molecule has 0 bridgehead atoms. The van der Waals surface area contributed by atoms with Crippen LogP contribution in [0.4, 0.5) is 13.2 Å². The number of nitrogens with zero attached hydrogens (tertiary/aromatic N) is 1. The van der Waals surface area contributed by atoms with Gasteiger partial charge in [0.05, 0.1) is 6.21 Å². The summed E-state index contributed by atoms with van der Waals surface area (Å²) in [6.45, 7) is 4.45. The third kappa shape index (κ3) is 5.73. The van der Waals surface area contributed by atoms with Crippen molar-refractivity contribution in [2.45, 2.75) is 39.3 Å². The van der Waals surface area contributed by atoms with Crippen molar-refractivity contribution < 1.29 is 27.5 Å². The smallest absolute Gasteiger partial charge is 0.406 e. The van der Waals surface area contributed by atoms with Crippen LogP contribution in [0.15, 0.2) is 35.1 Å². The van der Waals surface area contributed by atoms with Crippen LogP contribution < -0.4 is 20.7 Å². The summed E-state index contributed by atoms with van der Waals surface area (Å²) >= 11 is 0. The summed E-state index contributed by atoms with van der Waals surface area (Å²) in [6.07, 6.45) is -2.09. The van der Waals surface area contributed by atoms with Gasteiger partial charge in [-0.15, -0.1) is 13.2 Å². The first kappa shape index (κ1) is 20.3. The molecule has 1 atom stereocenters. The van der Waals surface area contributed by atoms with E-state index in [-0.39, 0.29) is 12.3 Å². The Hall–Kier alpha value is -3.04. The molecular formula is C17H19F3N4O3. The van der Waals surface area contributed by atoms with Gasteiger partial charge >= 0.3 is 6.36 Å². The summed E-state index contributed by atoms with van der Waals surface area (Å²) < 4.78 is 41.2. The molecule has 146 valence electrons. The minimum atomic E-state index is -4.81. The van der Waals surface area contributed by atoms with Crippen LogP contribution in [0.3, 0.4) is 0 Å². The number of ether oxygens (including phenoxy) is 1. The van der Waals surface area contributed by atoms with Gasteiger partial charge in [-0.1, -0.05) is 6.07 Å². The number of alkyl halides is 3. The molecule has 0 saturated carbocycles. The fourth-order valence-corrected chi connectivity index (χ4v) is 2.59. The van der Waals surface area contributed by atoms with Crippen LogP contribution in [0.2, 0.25) is 0 Å². The van der Waals surface area contributed by atoms with Crippen LogP contribution in [-0.4, -0.2) is 30.1 Å². The predicted octanol–water partition coefficient (Wildman–Crippen LogP) is 1.88. The third-order valence-corrected chi connectivity index (χ3v) is 3.46.